The maximum Gasteiger partial charge on any atom is 0.239 e. The van der Waals surface area contributed by atoms with E-state index in [1.165, 1.54) is 16.8 Å². The Hall–Kier alpha value is -2.16. The molecule has 144 valence electrons. The maximum absolute atomic E-state index is 12.0. The van der Waals surface area contributed by atoms with Crippen LogP contribution in [-0.2, 0) is 19.2 Å². The second-order valence-electron chi connectivity index (χ2n) is 5.46. The van der Waals surface area contributed by atoms with Crippen molar-refractivity contribution in [1.82, 2.24) is 25.8 Å². The van der Waals surface area contributed by atoms with Gasteiger partial charge in [0.05, 0.1) is 13.1 Å². The standard InChI is InChI=1S/C16H31N5O4/c1-5-15(24)20(9-7-17-3)12-14(23)19-8-10-21(16(25)6-2)11-13(22)18-4/h17H,5-12H2,1-4H3,(H,18,22)(H,19,23). The fourth-order valence-corrected chi connectivity index (χ4v) is 2.09. The number of nitrogens with one attached hydrogen (secondary N) is 3. The van der Waals surface area contributed by atoms with E-state index in [2.05, 4.69) is 16.0 Å². The summed E-state index contributed by atoms with van der Waals surface area (Å²) in [5.41, 5.74) is 0. The number of hydrogen-bond acceptors (Lipinski definition) is 5. The first-order chi connectivity index (χ1) is 11.9. The molecule has 0 aromatic heterocycles. The van der Waals surface area contributed by atoms with Crippen LogP contribution in [0, 0.1) is 0 Å². The third-order valence-electron chi connectivity index (χ3n) is 3.59. The number of carbonyl (C=O) groups excluding carboxylic acids is 4. The van der Waals surface area contributed by atoms with Crippen LogP contribution in [0.5, 0.6) is 0 Å². The van der Waals surface area contributed by atoms with E-state index in [0.29, 0.717) is 19.5 Å². The van der Waals surface area contributed by atoms with Crippen molar-refractivity contribution in [2.75, 3.05) is 53.4 Å². The number of rotatable bonds is 12. The van der Waals surface area contributed by atoms with Gasteiger partial charge in [-0.2, -0.15) is 0 Å². The van der Waals surface area contributed by atoms with Crippen molar-refractivity contribution < 1.29 is 19.2 Å². The van der Waals surface area contributed by atoms with E-state index in [-0.39, 0.29) is 56.2 Å². The van der Waals surface area contributed by atoms with Gasteiger partial charge in [0.2, 0.25) is 23.6 Å². The van der Waals surface area contributed by atoms with E-state index in [0.717, 1.165) is 0 Å². The molecule has 9 nitrogen and oxygen atoms in total. The molecule has 0 bridgehead atoms. The predicted octanol–water partition coefficient (Wildman–Crippen LogP) is -1.45. The van der Waals surface area contributed by atoms with Crippen LogP contribution >= 0.6 is 0 Å². The molecular formula is C16H31N5O4. The Balaban J connectivity index is 4.45. The van der Waals surface area contributed by atoms with Crippen molar-refractivity contribution in [3.05, 3.63) is 0 Å². The second kappa shape index (κ2) is 13.2. The van der Waals surface area contributed by atoms with E-state index in [9.17, 15) is 19.2 Å². The van der Waals surface area contributed by atoms with Crippen LogP contribution in [0.15, 0.2) is 0 Å². The zero-order valence-corrected chi connectivity index (χ0v) is 15.7. The van der Waals surface area contributed by atoms with E-state index in [1.54, 1.807) is 20.9 Å². The summed E-state index contributed by atoms with van der Waals surface area (Å²) in [7, 11) is 3.28. The molecule has 0 aliphatic carbocycles. The molecule has 0 aromatic rings. The zero-order chi connectivity index (χ0) is 19.2. The number of nitrogens with zero attached hydrogens (tertiary/aromatic N) is 2. The summed E-state index contributed by atoms with van der Waals surface area (Å²) in [6.45, 7) is 4.92. The van der Waals surface area contributed by atoms with Gasteiger partial charge in [-0.25, -0.2) is 0 Å². The fraction of sp³-hybridized carbons (Fsp3) is 0.750. The summed E-state index contributed by atoms with van der Waals surface area (Å²) in [6, 6.07) is 0. The topological polar surface area (TPSA) is 111 Å². The first-order valence-corrected chi connectivity index (χ1v) is 8.56. The lowest BCUT2D eigenvalue weighted by atomic mass is 10.3. The molecule has 0 saturated carbocycles. The minimum Gasteiger partial charge on any atom is -0.358 e. The SMILES string of the molecule is CCC(=O)N(CCNC(=O)CN(CCNC)C(=O)CC)CC(=O)NC. The Morgan fingerprint density at radius 3 is 1.68 bits per heavy atom. The van der Waals surface area contributed by atoms with Gasteiger partial charge >= 0.3 is 0 Å². The molecule has 9 heteroatoms. The molecule has 0 aliphatic rings. The molecule has 0 rings (SSSR count). The normalized spacial score (nSPS) is 10.1. The molecule has 0 spiro atoms. The quantitative estimate of drug-likeness (QED) is 0.396. The van der Waals surface area contributed by atoms with Crippen molar-refractivity contribution in [2.45, 2.75) is 26.7 Å². The van der Waals surface area contributed by atoms with Gasteiger partial charge in [0.15, 0.2) is 0 Å². The van der Waals surface area contributed by atoms with Gasteiger partial charge in [0.25, 0.3) is 0 Å². The predicted molar refractivity (Wildman–Crippen MR) is 94.7 cm³/mol. The average molecular weight is 357 g/mol. The minimum atomic E-state index is -0.290. The Kier molecular flexibility index (Phi) is 12.0. The first-order valence-electron chi connectivity index (χ1n) is 8.56. The first kappa shape index (κ1) is 22.8. The molecule has 0 saturated heterocycles. The van der Waals surface area contributed by atoms with Gasteiger partial charge in [-0.3, -0.25) is 19.2 Å². The second-order valence-corrected chi connectivity index (χ2v) is 5.46. The highest BCUT2D eigenvalue weighted by Crippen LogP contribution is 1.95. The summed E-state index contributed by atoms with van der Waals surface area (Å²) in [6.07, 6.45) is 0.621. The number of likely N-dealkylation sites (N-methyl/N-ethyl adjacent to an activating group) is 2. The third kappa shape index (κ3) is 9.65. The molecule has 0 unspecified atom stereocenters. The molecule has 0 atom stereocenters. The van der Waals surface area contributed by atoms with E-state index < -0.39 is 0 Å². The lowest BCUT2D eigenvalue weighted by Crippen LogP contribution is -2.46. The Bertz CT molecular complexity index is 456. The highest BCUT2D eigenvalue weighted by Gasteiger charge is 2.17. The smallest absolute Gasteiger partial charge is 0.239 e. The summed E-state index contributed by atoms with van der Waals surface area (Å²) < 4.78 is 0. The Labute approximate surface area is 149 Å². The van der Waals surface area contributed by atoms with Crippen molar-refractivity contribution in [3.8, 4) is 0 Å². The highest BCUT2D eigenvalue weighted by molar-refractivity contribution is 5.85. The number of carbonyl (C=O) groups is 4. The molecule has 0 fully saturated rings. The van der Waals surface area contributed by atoms with Gasteiger partial charge in [-0.15, -0.1) is 0 Å². The molecule has 3 N–H and O–H groups in total. The fourth-order valence-electron chi connectivity index (χ4n) is 2.09. The van der Waals surface area contributed by atoms with Gasteiger partial charge in [-0.05, 0) is 7.05 Å². The highest BCUT2D eigenvalue weighted by atomic mass is 16.2. The molecular weight excluding hydrogens is 326 g/mol. The number of amides is 4. The molecule has 0 radical (unpaired) electrons. The third-order valence-corrected chi connectivity index (χ3v) is 3.59. The maximum atomic E-state index is 12.0. The van der Waals surface area contributed by atoms with Gasteiger partial charge in [-0.1, -0.05) is 13.8 Å². The van der Waals surface area contributed by atoms with E-state index in [1.807, 2.05) is 0 Å². The summed E-state index contributed by atoms with van der Waals surface area (Å²) >= 11 is 0. The largest absolute Gasteiger partial charge is 0.358 e. The zero-order valence-electron chi connectivity index (χ0n) is 15.7. The Morgan fingerprint density at radius 1 is 0.760 bits per heavy atom. The van der Waals surface area contributed by atoms with Gasteiger partial charge in [0, 0.05) is 46.1 Å². The summed E-state index contributed by atoms with van der Waals surface area (Å²) in [4.78, 5) is 50.0. The van der Waals surface area contributed by atoms with Crippen LogP contribution in [0.2, 0.25) is 0 Å². The van der Waals surface area contributed by atoms with Gasteiger partial charge in [0.1, 0.15) is 0 Å². The van der Waals surface area contributed by atoms with Crippen LogP contribution in [0.4, 0.5) is 0 Å². The van der Waals surface area contributed by atoms with Crippen molar-refractivity contribution in [1.29, 1.82) is 0 Å². The molecule has 25 heavy (non-hydrogen) atoms. The molecule has 4 amide bonds. The average Bonchev–Trinajstić information content (AvgIpc) is 2.62. The number of hydrogen-bond donors (Lipinski definition) is 3. The van der Waals surface area contributed by atoms with E-state index in [4.69, 9.17) is 0 Å². The lowest BCUT2D eigenvalue weighted by Gasteiger charge is -2.23. The van der Waals surface area contributed by atoms with Crippen LogP contribution in [0.3, 0.4) is 0 Å². The minimum absolute atomic E-state index is 0.0223. The van der Waals surface area contributed by atoms with Crippen molar-refractivity contribution in [2.24, 2.45) is 0 Å². The van der Waals surface area contributed by atoms with Crippen molar-refractivity contribution in [3.63, 3.8) is 0 Å². The van der Waals surface area contributed by atoms with E-state index >= 15 is 0 Å². The summed E-state index contributed by atoms with van der Waals surface area (Å²) in [5.74, 6) is -0.802. The molecule has 0 heterocycles. The summed E-state index contributed by atoms with van der Waals surface area (Å²) in [5, 5.41) is 8.10. The van der Waals surface area contributed by atoms with Crippen molar-refractivity contribution >= 4 is 23.6 Å². The van der Waals surface area contributed by atoms with Gasteiger partial charge < -0.3 is 25.8 Å². The van der Waals surface area contributed by atoms with Crippen LogP contribution < -0.4 is 16.0 Å². The molecule has 0 aliphatic heterocycles. The monoisotopic (exact) mass is 357 g/mol. The lowest BCUT2D eigenvalue weighted by molar-refractivity contribution is -0.136. The van der Waals surface area contributed by atoms with Crippen LogP contribution in [0.1, 0.15) is 26.7 Å². The van der Waals surface area contributed by atoms with Crippen LogP contribution in [0.25, 0.3) is 0 Å². The molecule has 0 aromatic carbocycles. The van der Waals surface area contributed by atoms with Crippen LogP contribution in [-0.4, -0.2) is 86.8 Å². The Morgan fingerprint density at radius 2 is 1.24 bits per heavy atom.